The van der Waals surface area contributed by atoms with Gasteiger partial charge in [0.2, 0.25) is 0 Å². The zero-order valence-electron chi connectivity index (χ0n) is 9.99. The quantitative estimate of drug-likeness (QED) is 0.551. The molecule has 0 fully saturated rings. The molecule has 6 heteroatoms. The van der Waals surface area contributed by atoms with Crippen LogP contribution in [0.3, 0.4) is 0 Å². The Kier molecular flexibility index (Phi) is 5.25. The third-order valence-electron chi connectivity index (χ3n) is 2.52. The second-order valence-electron chi connectivity index (χ2n) is 4.75. The minimum atomic E-state index is -4.15. The van der Waals surface area contributed by atoms with Crippen molar-refractivity contribution in [1.29, 1.82) is 5.41 Å². The van der Waals surface area contributed by atoms with Gasteiger partial charge in [-0.1, -0.05) is 13.8 Å². The molecule has 0 saturated heterocycles. The van der Waals surface area contributed by atoms with E-state index in [0.29, 0.717) is 19.4 Å². The third-order valence-corrected chi connectivity index (χ3v) is 2.52. The van der Waals surface area contributed by atoms with E-state index in [1.807, 2.05) is 13.8 Å². The van der Waals surface area contributed by atoms with Gasteiger partial charge in [-0.25, -0.2) is 0 Å². The zero-order valence-corrected chi connectivity index (χ0v) is 9.99. The van der Waals surface area contributed by atoms with Crippen LogP contribution in [-0.4, -0.2) is 37.0 Å². The molecule has 0 aromatic heterocycles. The molecule has 3 nitrogen and oxygen atoms in total. The molecule has 0 amide bonds. The van der Waals surface area contributed by atoms with Gasteiger partial charge in [-0.05, 0) is 26.4 Å². The van der Waals surface area contributed by atoms with E-state index in [1.54, 1.807) is 0 Å². The molecule has 16 heavy (non-hydrogen) atoms. The van der Waals surface area contributed by atoms with Gasteiger partial charge in [-0.2, -0.15) is 13.2 Å². The predicted octanol–water partition coefficient (Wildman–Crippen LogP) is 2.22. The van der Waals surface area contributed by atoms with Gasteiger partial charge in [0.25, 0.3) is 0 Å². The van der Waals surface area contributed by atoms with Crippen molar-refractivity contribution in [3.8, 4) is 0 Å². The molecule has 0 unspecified atom stereocenters. The highest BCUT2D eigenvalue weighted by Gasteiger charge is 2.29. The van der Waals surface area contributed by atoms with E-state index in [1.165, 1.54) is 11.9 Å². The molecular weight excluding hydrogens is 219 g/mol. The van der Waals surface area contributed by atoms with Gasteiger partial charge in [0.1, 0.15) is 0 Å². The Hall–Kier alpha value is -0.780. The van der Waals surface area contributed by atoms with Gasteiger partial charge in [0.15, 0.2) is 0 Å². The van der Waals surface area contributed by atoms with Crippen LogP contribution in [0.25, 0.3) is 0 Å². The summed E-state index contributed by atoms with van der Waals surface area (Å²) in [5, 5.41) is 7.31. The Morgan fingerprint density at radius 2 is 1.81 bits per heavy atom. The van der Waals surface area contributed by atoms with Crippen LogP contribution in [0.4, 0.5) is 13.2 Å². The molecule has 0 aliphatic heterocycles. The van der Waals surface area contributed by atoms with Crippen molar-refractivity contribution in [2.45, 2.75) is 32.9 Å². The number of amidine groups is 1. The van der Waals surface area contributed by atoms with Crippen molar-refractivity contribution in [3.05, 3.63) is 0 Å². The monoisotopic (exact) mass is 239 g/mol. The second kappa shape index (κ2) is 5.52. The number of nitrogens with two attached hydrogens (primary N) is 1. The van der Waals surface area contributed by atoms with Gasteiger partial charge in [-0.3, -0.25) is 10.3 Å². The lowest BCUT2D eigenvalue weighted by Crippen LogP contribution is -2.34. The van der Waals surface area contributed by atoms with Crippen LogP contribution >= 0.6 is 0 Å². The fourth-order valence-electron chi connectivity index (χ4n) is 1.31. The van der Waals surface area contributed by atoms with Gasteiger partial charge in [-0.15, -0.1) is 0 Å². The first-order chi connectivity index (χ1) is 7.04. The molecule has 0 radical (unpaired) electrons. The van der Waals surface area contributed by atoms with Gasteiger partial charge < -0.3 is 5.73 Å². The molecule has 0 saturated carbocycles. The van der Waals surface area contributed by atoms with Crippen LogP contribution in [0.2, 0.25) is 0 Å². The largest absolute Gasteiger partial charge is 0.401 e. The van der Waals surface area contributed by atoms with Gasteiger partial charge >= 0.3 is 6.18 Å². The third kappa shape index (κ3) is 6.66. The molecule has 0 heterocycles. The summed E-state index contributed by atoms with van der Waals surface area (Å²) < 4.78 is 36.0. The van der Waals surface area contributed by atoms with E-state index in [4.69, 9.17) is 11.1 Å². The topological polar surface area (TPSA) is 53.1 Å². The number of nitrogens with one attached hydrogen (secondary N) is 1. The number of halogens is 3. The molecule has 0 aromatic rings. The van der Waals surface area contributed by atoms with Crippen molar-refractivity contribution in [3.63, 3.8) is 0 Å². The lowest BCUT2D eigenvalue weighted by molar-refractivity contribution is -0.143. The van der Waals surface area contributed by atoms with E-state index in [2.05, 4.69) is 0 Å². The average Bonchev–Trinajstić information content (AvgIpc) is 1.99. The minimum Gasteiger partial charge on any atom is -0.387 e. The lowest BCUT2D eigenvalue weighted by Gasteiger charge is -2.24. The molecule has 0 rings (SSSR count). The Bertz CT molecular complexity index is 236. The van der Waals surface area contributed by atoms with E-state index in [0.717, 1.165) is 0 Å². The minimum absolute atomic E-state index is 0.0750. The Labute approximate surface area is 94.3 Å². The molecule has 96 valence electrons. The van der Waals surface area contributed by atoms with Crippen molar-refractivity contribution >= 4 is 5.84 Å². The van der Waals surface area contributed by atoms with Crippen molar-refractivity contribution in [1.82, 2.24) is 4.90 Å². The summed E-state index contributed by atoms with van der Waals surface area (Å²) in [6.07, 6.45) is -2.94. The van der Waals surface area contributed by atoms with E-state index >= 15 is 0 Å². The summed E-state index contributed by atoms with van der Waals surface area (Å²) in [6.45, 7) is 3.10. The molecule has 0 atom stereocenters. The van der Waals surface area contributed by atoms with Crippen LogP contribution in [0.15, 0.2) is 0 Å². The van der Waals surface area contributed by atoms with Gasteiger partial charge in [0, 0.05) is 5.41 Å². The fraction of sp³-hybridized carbons (Fsp3) is 0.900. The van der Waals surface area contributed by atoms with Crippen LogP contribution in [0, 0.1) is 10.8 Å². The smallest absolute Gasteiger partial charge is 0.387 e. The second-order valence-corrected chi connectivity index (χ2v) is 4.75. The summed E-state index contributed by atoms with van der Waals surface area (Å²) in [7, 11) is 1.44. The molecule has 0 aliphatic rings. The Balaban J connectivity index is 3.87. The average molecular weight is 239 g/mol. The van der Waals surface area contributed by atoms with E-state index in [-0.39, 0.29) is 5.84 Å². The highest BCUT2D eigenvalue weighted by atomic mass is 19.4. The highest BCUT2D eigenvalue weighted by molar-refractivity contribution is 5.82. The Morgan fingerprint density at radius 3 is 2.19 bits per heavy atom. The summed E-state index contributed by atoms with van der Waals surface area (Å²) in [5.74, 6) is 0.0750. The number of hydrogen-bond donors (Lipinski definition) is 2. The van der Waals surface area contributed by atoms with E-state index < -0.39 is 18.1 Å². The van der Waals surface area contributed by atoms with Crippen LogP contribution in [0.5, 0.6) is 0 Å². The number of nitrogens with zero attached hydrogens (tertiary/aromatic N) is 1. The maximum atomic E-state index is 12.0. The SMILES string of the molecule is CN(CCCC(C)(C)C(=N)N)CC(F)(F)F. The van der Waals surface area contributed by atoms with Crippen molar-refractivity contribution in [2.24, 2.45) is 11.1 Å². The first-order valence-electron chi connectivity index (χ1n) is 5.14. The molecular formula is C10H20F3N3. The first kappa shape index (κ1) is 15.2. The zero-order chi connectivity index (χ0) is 13.0. The molecule has 0 aliphatic carbocycles. The van der Waals surface area contributed by atoms with Crippen LogP contribution in [0.1, 0.15) is 26.7 Å². The van der Waals surface area contributed by atoms with Crippen molar-refractivity contribution in [2.75, 3.05) is 20.1 Å². The first-order valence-corrected chi connectivity index (χ1v) is 5.14. The predicted molar refractivity (Wildman–Crippen MR) is 58.5 cm³/mol. The van der Waals surface area contributed by atoms with Gasteiger partial charge in [0.05, 0.1) is 12.4 Å². The summed E-state index contributed by atoms with van der Waals surface area (Å²) >= 11 is 0. The van der Waals surface area contributed by atoms with Crippen molar-refractivity contribution < 1.29 is 13.2 Å². The van der Waals surface area contributed by atoms with Crippen LogP contribution < -0.4 is 5.73 Å². The number of rotatable bonds is 6. The Morgan fingerprint density at radius 1 is 1.31 bits per heavy atom. The molecule has 0 bridgehead atoms. The number of alkyl halides is 3. The van der Waals surface area contributed by atoms with Crippen LogP contribution in [-0.2, 0) is 0 Å². The summed E-state index contributed by atoms with van der Waals surface area (Å²) in [5.41, 5.74) is 4.95. The summed E-state index contributed by atoms with van der Waals surface area (Å²) in [6, 6.07) is 0. The standard InChI is InChI=1S/C10H20F3N3/c1-9(2,8(14)15)5-4-6-16(3)7-10(11,12)13/h4-7H2,1-3H3,(H3,14,15). The molecule has 3 N–H and O–H groups in total. The maximum absolute atomic E-state index is 12.0. The van der Waals surface area contributed by atoms with E-state index in [9.17, 15) is 13.2 Å². The molecule has 0 aromatic carbocycles. The number of hydrogen-bond acceptors (Lipinski definition) is 2. The lowest BCUT2D eigenvalue weighted by atomic mass is 9.86. The summed E-state index contributed by atoms with van der Waals surface area (Å²) in [4.78, 5) is 1.23. The molecule has 0 spiro atoms. The highest BCUT2D eigenvalue weighted by Crippen LogP contribution is 2.22. The maximum Gasteiger partial charge on any atom is 0.401 e. The fourth-order valence-corrected chi connectivity index (χ4v) is 1.31. The normalized spacial score (nSPS) is 13.2.